The number of ether oxygens (including phenoxy) is 1. The Labute approximate surface area is 187 Å². The molecule has 0 aliphatic carbocycles. The quantitative estimate of drug-likeness (QED) is 0.284. The predicted molar refractivity (Wildman–Crippen MR) is 119 cm³/mol. The smallest absolute Gasteiger partial charge is 0.271 e. The van der Waals surface area contributed by atoms with E-state index in [9.17, 15) is 14.9 Å². The average molecular weight is 462 g/mol. The summed E-state index contributed by atoms with van der Waals surface area (Å²) < 4.78 is 7.65. The number of nitrogens with zero attached hydrogens (tertiary/aromatic N) is 4. The Bertz CT molecular complexity index is 1100. The molecule has 3 aromatic rings. The molecule has 0 bridgehead atoms. The molecule has 1 heterocycles. The molecule has 0 fully saturated rings. The highest BCUT2D eigenvalue weighted by Crippen LogP contribution is 2.26. The van der Waals surface area contributed by atoms with Gasteiger partial charge in [-0.3, -0.25) is 14.9 Å². The molecule has 1 aromatic heterocycles. The van der Waals surface area contributed by atoms with E-state index in [1.165, 1.54) is 30.0 Å². The van der Waals surface area contributed by atoms with Crippen molar-refractivity contribution in [2.45, 2.75) is 32.2 Å². The van der Waals surface area contributed by atoms with Crippen LogP contribution in [-0.2, 0) is 17.9 Å². The van der Waals surface area contributed by atoms with E-state index in [0.29, 0.717) is 34.0 Å². The number of nitrogens with one attached hydrogen (secondary N) is 1. The molecule has 31 heavy (non-hydrogen) atoms. The van der Waals surface area contributed by atoms with E-state index in [-0.39, 0.29) is 24.0 Å². The fraction of sp³-hybridized carbons (Fsp3) is 0.250. The molecule has 1 amide bonds. The van der Waals surface area contributed by atoms with E-state index in [2.05, 4.69) is 15.5 Å². The van der Waals surface area contributed by atoms with Crippen LogP contribution >= 0.6 is 23.4 Å². The number of carbonyl (C=O) groups is 1. The summed E-state index contributed by atoms with van der Waals surface area (Å²) in [7, 11) is 0. The van der Waals surface area contributed by atoms with Crippen molar-refractivity contribution in [1.29, 1.82) is 0 Å². The number of nitro benzene ring substituents is 1. The number of amides is 1. The third-order valence-electron chi connectivity index (χ3n) is 4.23. The zero-order valence-corrected chi connectivity index (χ0v) is 18.4. The highest BCUT2D eigenvalue weighted by molar-refractivity contribution is 7.99. The van der Waals surface area contributed by atoms with Gasteiger partial charge in [-0.25, -0.2) is 0 Å². The Morgan fingerprint density at radius 1 is 1.29 bits per heavy atom. The maximum atomic E-state index is 12.3. The first-order valence-electron chi connectivity index (χ1n) is 9.35. The minimum atomic E-state index is -0.512. The number of thioether (sulfide) groups is 1. The number of anilines is 1. The lowest BCUT2D eigenvalue weighted by molar-refractivity contribution is -0.384. The molecule has 0 aliphatic rings. The van der Waals surface area contributed by atoms with Gasteiger partial charge in [0.15, 0.2) is 11.0 Å². The number of rotatable bonds is 9. The van der Waals surface area contributed by atoms with Crippen LogP contribution in [-0.4, -0.2) is 31.3 Å². The first-order valence-corrected chi connectivity index (χ1v) is 10.7. The van der Waals surface area contributed by atoms with Crippen LogP contribution in [0.15, 0.2) is 47.6 Å². The zero-order valence-electron chi connectivity index (χ0n) is 16.9. The van der Waals surface area contributed by atoms with Crippen LogP contribution < -0.4 is 10.1 Å². The number of halogens is 1. The molecular weight excluding hydrogens is 442 g/mol. The van der Waals surface area contributed by atoms with Gasteiger partial charge in [0, 0.05) is 24.4 Å². The molecule has 0 spiro atoms. The second-order valence-corrected chi connectivity index (χ2v) is 7.86. The topological polar surface area (TPSA) is 112 Å². The number of nitro groups is 1. The summed E-state index contributed by atoms with van der Waals surface area (Å²) >= 11 is 7.39. The maximum absolute atomic E-state index is 12.3. The fourth-order valence-electron chi connectivity index (χ4n) is 2.74. The minimum absolute atomic E-state index is 0.0748. The SMILES string of the molecule is CCn1c(COc2cc(C)ccc2Cl)nnc1SCC(=O)Nc1cccc([N+](=O)[O-])c1. The molecule has 0 unspecified atom stereocenters. The van der Waals surface area contributed by atoms with Gasteiger partial charge in [0.25, 0.3) is 5.69 Å². The molecule has 3 rings (SSSR count). The first-order chi connectivity index (χ1) is 14.9. The molecule has 0 radical (unpaired) electrons. The molecule has 0 aliphatic heterocycles. The molecule has 9 nitrogen and oxygen atoms in total. The number of aromatic nitrogens is 3. The van der Waals surface area contributed by atoms with Crippen LogP contribution in [0, 0.1) is 17.0 Å². The Morgan fingerprint density at radius 2 is 2.10 bits per heavy atom. The van der Waals surface area contributed by atoms with Crippen molar-refractivity contribution in [1.82, 2.24) is 14.8 Å². The number of benzene rings is 2. The van der Waals surface area contributed by atoms with E-state index in [1.54, 1.807) is 12.1 Å². The fourth-order valence-corrected chi connectivity index (χ4v) is 3.73. The number of hydrogen-bond acceptors (Lipinski definition) is 7. The summed E-state index contributed by atoms with van der Waals surface area (Å²) in [5.41, 5.74) is 1.30. The molecule has 2 aromatic carbocycles. The van der Waals surface area contributed by atoms with E-state index >= 15 is 0 Å². The molecular formula is C20H20ClN5O4S. The number of carbonyl (C=O) groups excluding carboxylic acids is 1. The van der Waals surface area contributed by atoms with Gasteiger partial charge >= 0.3 is 0 Å². The third-order valence-corrected chi connectivity index (χ3v) is 5.51. The normalized spacial score (nSPS) is 10.7. The molecule has 0 saturated carbocycles. The van der Waals surface area contributed by atoms with Gasteiger partial charge in [-0.05, 0) is 37.6 Å². The monoisotopic (exact) mass is 461 g/mol. The lowest BCUT2D eigenvalue weighted by atomic mass is 10.2. The summed E-state index contributed by atoms with van der Waals surface area (Å²) in [5, 5.41) is 22.9. The van der Waals surface area contributed by atoms with Crippen molar-refractivity contribution in [3.05, 3.63) is 69.0 Å². The van der Waals surface area contributed by atoms with Crippen molar-refractivity contribution < 1.29 is 14.5 Å². The van der Waals surface area contributed by atoms with Crippen LogP contribution in [0.3, 0.4) is 0 Å². The van der Waals surface area contributed by atoms with E-state index in [4.69, 9.17) is 16.3 Å². The van der Waals surface area contributed by atoms with Gasteiger partial charge in [0.05, 0.1) is 15.7 Å². The van der Waals surface area contributed by atoms with Crippen molar-refractivity contribution in [2.75, 3.05) is 11.1 Å². The molecule has 0 atom stereocenters. The average Bonchev–Trinajstić information content (AvgIpc) is 3.14. The Morgan fingerprint density at radius 3 is 2.84 bits per heavy atom. The molecule has 0 saturated heterocycles. The molecule has 11 heteroatoms. The van der Waals surface area contributed by atoms with E-state index in [0.717, 1.165) is 5.56 Å². The van der Waals surface area contributed by atoms with Crippen molar-refractivity contribution in [2.24, 2.45) is 0 Å². The number of aryl methyl sites for hydroxylation is 1. The van der Waals surface area contributed by atoms with Crippen LogP contribution in [0.1, 0.15) is 18.3 Å². The summed E-state index contributed by atoms with van der Waals surface area (Å²) in [6, 6.07) is 11.3. The standard InChI is InChI=1S/C20H20ClN5O4S/c1-3-25-18(11-30-17-9-13(2)7-8-16(17)21)23-24-20(25)31-12-19(27)22-14-5-4-6-15(10-14)26(28)29/h4-10H,3,11-12H2,1-2H3,(H,22,27). The first kappa shape index (κ1) is 22.6. The Kier molecular flexibility index (Phi) is 7.48. The molecule has 162 valence electrons. The lowest BCUT2D eigenvalue weighted by Crippen LogP contribution is -2.15. The van der Waals surface area contributed by atoms with Crippen molar-refractivity contribution in [3.63, 3.8) is 0 Å². The number of non-ortho nitro benzene ring substituents is 1. The summed E-state index contributed by atoms with van der Waals surface area (Å²) in [6.45, 7) is 4.68. The Hall–Kier alpha value is -3.11. The minimum Gasteiger partial charge on any atom is -0.484 e. The zero-order chi connectivity index (χ0) is 22.4. The highest BCUT2D eigenvalue weighted by Gasteiger charge is 2.15. The van der Waals surface area contributed by atoms with Gasteiger partial charge in [-0.2, -0.15) is 0 Å². The van der Waals surface area contributed by atoms with Gasteiger partial charge in [0.2, 0.25) is 5.91 Å². The van der Waals surface area contributed by atoms with Crippen LogP contribution in [0.4, 0.5) is 11.4 Å². The largest absolute Gasteiger partial charge is 0.484 e. The van der Waals surface area contributed by atoms with E-state index < -0.39 is 4.92 Å². The molecule has 1 N–H and O–H groups in total. The van der Waals surface area contributed by atoms with Gasteiger partial charge < -0.3 is 14.6 Å². The van der Waals surface area contributed by atoms with Gasteiger partial charge in [-0.15, -0.1) is 10.2 Å². The summed E-state index contributed by atoms with van der Waals surface area (Å²) in [5.74, 6) is 0.950. The highest BCUT2D eigenvalue weighted by atomic mass is 35.5. The Balaban J connectivity index is 1.60. The third kappa shape index (κ3) is 5.96. The van der Waals surface area contributed by atoms with Crippen molar-refractivity contribution in [3.8, 4) is 5.75 Å². The van der Waals surface area contributed by atoms with Crippen molar-refractivity contribution >= 4 is 40.6 Å². The maximum Gasteiger partial charge on any atom is 0.271 e. The summed E-state index contributed by atoms with van der Waals surface area (Å²) in [6.07, 6.45) is 0. The second kappa shape index (κ2) is 10.3. The van der Waals surface area contributed by atoms with Crippen LogP contribution in [0.5, 0.6) is 5.75 Å². The number of hydrogen-bond donors (Lipinski definition) is 1. The van der Waals surface area contributed by atoms with E-state index in [1.807, 2.05) is 30.5 Å². The second-order valence-electron chi connectivity index (χ2n) is 6.51. The van der Waals surface area contributed by atoms with Gasteiger partial charge in [-0.1, -0.05) is 35.5 Å². The van der Waals surface area contributed by atoms with Gasteiger partial charge in [0.1, 0.15) is 12.4 Å². The lowest BCUT2D eigenvalue weighted by Gasteiger charge is -2.10. The predicted octanol–water partition coefficient (Wildman–Crippen LogP) is 4.48. The van der Waals surface area contributed by atoms with Crippen LogP contribution in [0.2, 0.25) is 5.02 Å². The van der Waals surface area contributed by atoms with Crippen LogP contribution in [0.25, 0.3) is 0 Å². The summed E-state index contributed by atoms with van der Waals surface area (Å²) in [4.78, 5) is 22.6.